The van der Waals surface area contributed by atoms with E-state index in [1.807, 2.05) is 51.1 Å². The Kier molecular flexibility index (Phi) is 7.92. The number of hydrogen-bond donors (Lipinski definition) is 0. The average molecular weight is 559 g/mol. The number of amides is 1. The van der Waals surface area contributed by atoms with Gasteiger partial charge in [-0.3, -0.25) is 4.90 Å². The van der Waals surface area contributed by atoms with Gasteiger partial charge in [-0.05, 0) is 46.1 Å². The van der Waals surface area contributed by atoms with Crippen molar-refractivity contribution in [3.8, 4) is 6.01 Å². The Labute approximate surface area is 235 Å². The Hall–Kier alpha value is -3.01. The SMILES string of the molecule is C[C@@H]1CCCCCN1c1nc(OC[C@]2(COCc3ccccc3)CC2(F)F)nc2c1CN(C(=O)OC(C)(C)C)C2. The van der Waals surface area contributed by atoms with Crippen LogP contribution in [0.5, 0.6) is 6.01 Å². The molecule has 2 aliphatic heterocycles. The molecule has 0 N–H and O–H groups in total. The Morgan fingerprint density at radius 3 is 2.52 bits per heavy atom. The topological polar surface area (TPSA) is 77.0 Å². The highest BCUT2D eigenvalue weighted by atomic mass is 19.3. The Morgan fingerprint density at radius 2 is 1.82 bits per heavy atom. The molecule has 2 fully saturated rings. The molecule has 5 rings (SSSR count). The zero-order chi connectivity index (χ0) is 28.5. The predicted octanol–water partition coefficient (Wildman–Crippen LogP) is 6.12. The maximum absolute atomic E-state index is 14.6. The van der Waals surface area contributed by atoms with Crippen molar-refractivity contribution in [2.24, 2.45) is 5.41 Å². The highest BCUT2D eigenvalue weighted by Gasteiger charge is 2.72. The lowest BCUT2D eigenvalue weighted by atomic mass is 10.1. The van der Waals surface area contributed by atoms with Gasteiger partial charge in [0, 0.05) is 24.6 Å². The first-order valence-corrected chi connectivity index (χ1v) is 14.2. The van der Waals surface area contributed by atoms with E-state index in [0.717, 1.165) is 49.2 Å². The van der Waals surface area contributed by atoms with Crippen molar-refractivity contribution >= 4 is 11.9 Å². The second-order valence-corrected chi connectivity index (χ2v) is 12.4. The Morgan fingerprint density at radius 1 is 1.07 bits per heavy atom. The lowest BCUT2D eigenvalue weighted by Crippen LogP contribution is -2.35. The van der Waals surface area contributed by atoms with Gasteiger partial charge in [0.2, 0.25) is 0 Å². The third kappa shape index (κ3) is 6.32. The smallest absolute Gasteiger partial charge is 0.410 e. The van der Waals surface area contributed by atoms with Gasteiger partial charge in [-0.1, -0.05) is 43.2 Å². The molecule has 2 atom stereocenters. The summed E-state index contributed by atoms with van der Waals surface area (Å²) in [6.07, 6.45) is 3.61. The standard InChI is InChI=1S/C30H40F2N4O4/c1-21-11-7-6-10-14-36(21)25-23-15-35(27(37)40-28(2,3)4)16-24(23)33-26(34-25)39-20-29(18-30(29,31)32)19-38-17-22-12-8-5-9-13-22/h5,8-9,12-13,21H,6-7,10-11,14-20H2,1-4H3/t21-,29-/m1/s1. The van der Waals surface area contributed by atoms with Crippen molar-refractivity contribution in [2.75, 3.05) is 24.7 Å². The van der Waals surface area contributed by atoms with Gasteiger partial charge in [-0.15, -0.1) is 0 Å². The summed E-state index contributed by atoms with van der Waals surface area (Å²) in [5.74, 6) is -2.16. The van der Waals surface area contributed by atoms with Crippen molar-refractivity contribution in [3.05, 3.63) is 47.2 Å². The maximum Gasteiger partial charge on any atom is 0.410 e. The van der Waals surface area contributed by atoms with Crippen LogP contribution >= 0.6 is 0 Å². The number of alkyl halides is 2. The summed E-state index contributed by atoms with van der Waals surface area (Å²) in [5, 5.41) is 0. The zero-order valence-electron chi connectivity index (χ0n) is 23.9. The number of ether oxygens (including phenoxy) is 3. The van der Waals surface area contributed by atoms with E-state index in [-0.39, 0.29) is 44.8 Å². The number of hydrogen-bond acceptors (Lipinski definition) is 7. The van der Waals surface area contributed by atoms with Gasteiger partial charge in [0.05, 0.1) is 37.4 Å². The number of carbonyl (C=O) groups excluding carboxylic acids is 1. The number of fused-ring (bicyclic) bond motifs is 1. The molecule has 40 heavy (non-hydrogen) atoms. The van der Waals surface area contributed by atoms with Crippen LogP contribution < -0.4 is 9.64 Å². The van der Waals surface area contributed by atoms with Crippen LogP contribution in [0.1, 0.15) is 76.6 Å². The van der Waals surface area contributed by atoms with E-state index in [2.05, 4.69) is 16.8 Å². The first-order chi connectivity index (χ1) is 19.0. The van der Waals surface area contributed by atoms with Crippen molar-refractivity contribution < 1.29 is 27.8 Å². The molecule has 0 radical (unpaired) electrons. The number of benzene rings is 1. The van der Waals surface area contributed by atoms with E-state index in [1.165, 1.54) is 0 Å². The molecule has 3 heterocycles. The third-order valence-corrected chi connectivity index (χ3v) is 7.90. The normalized spacial score (nSPS) is 23.9. The monoisotopic (exact) mass is 558 g/mol. The van der Waals surface area contributed by atoms with Crippen LogP contribution in [-0.4, -0.2) is 58.3 Å². The second kappa shape index (κ2) is 11.1. The first-order valence-electron chi connectivity index (χ1n) is 14.2. The fraction of sp³-hybridized carbons (Fsp3) is 0.633. The van der Waals surface area contributed by atoms with Crippen LogP contribution in [-0.2, 0) is 29.2 Å². The number of aromatic nitrogens is 2. The maximum atomic E-state index is 14.6. The van der Waals surface area contributed by atoms with Gasteiger partial charge in [-0.2, -0.15) is 9.97 Å². The Balaban J connectivity index is 1.34. The molecule has 1 aliphatic carbocycles. The minimum absolute atomic E-state index is 0.0568. The molecule has 1 amide bonds. The highest BCUT2D eigenvalue weighted by Crippen LogP contribution is 2.60. The minimum atomic E-state index is -2.88. The molecule has 8 nitrogen and oxygen atoms in total. The van der Waals surface area contributed by atoms with Gasteiger partial charge in [0.25, 0.3) is 5.92 Å². The molecule has 3 aliphatic rings. The average Bonchev–Trinajstić information content (AvgIpc) is 3.27. The van der Waals surface area contributed by atoms with Crippen LogP contribution in [0.2, 0.25) is 0 Å². The molecular formula is C30H40F2N4O4. The molecule has 0 unspecified atom stereocenters. The van der Waals surface area contributed by atoms with Gasteiger partial charge < -0.3 is 19.1 Å². The van der Waals surface area contributed by atoms with Crippen molar-refractivity contribution in [3.63, 3.8) is 0 Å². The lowest BCUT2D eigenvalue weighted by Gasteiger charge is -2.30. The zero-order valence-corrected chi connectivity index (χ0v) is 23.9. The number of rotatable bonds is 8. The molecule has 0 bridgehead atoms. The molecule has 1 saturated heterocycles. The fourth-order valence-corrected chi connectivity index (χ4v) is 5.44. The van der Waals surface area contributed by atoms with Crippen molar-refractivity contribution in [1.82, 2.24) is 14.9 Å². The van der Waals surface area contributed by atoms with E-state index in [0.29, 0.717) is 12.2 Å². The Bertz CT molecular complexity index is 1210. The first kappa shape index (κ1) is 28.5. The van der Waals surface area contributed by atoms with Crippen molar-refractivity contribution in [2.45, 2.75) is 97.1 Å². The van der Waals surface area contributed by atoms with Crippen LogP contribution in [0.15, 0.2) is 30.3 Å². The van der Waals surface area contributed by atoms with Gasteiger partial charge >= 0.3 is 12.1 Å². The van der Waals surface area contributed by atoms with Gasteiger partial charge in [-0.25, -0.2) is 13.6 Å². The van der Waals surface area contributed by atoms with E-state index in [9.17, 15) is 13.6 Å². The molecule has 0 spiro atoms. The summed E-state index contributed by atoms with van der Waals surface area (Å²) < 4.78 is 46.4. The third-order valence-electron chi connectivity index (χ3n) is 7.90. The molecule has 218 valence electrons. The summed E-state index contributed by atoms with van der Waals surface area (Å²) in [6, 6.07) is 9.79. The fourth-order valence-electron chi connectivity index (χ4n) is 5.44. The van der Waals surface area contributed by atoms with Crippen molar-refractivity contribution in [1.29, 1.82) is 0 Å². The second-order valence-electron chi connectivity index (χ2n) is 12.4. The highest BCUT2D eigenvalue weighted by molar-refractivity contribution is 5.70. The molecule has 2 aromatic rings. The summed E-state index contributed by atoms with van der Waals surface area (Å²) in [7, 11) is 0. The van der Waals surface area contributed by atoms with E-state index in [1.54, 1.807) is 4.90 Å². The lowest BCUT2D eigenvalue weighted by molar-refractivity contribution is -0.0174. The predicted molar refractivity (Wildman–Crippen MR) is 146 cm³/mol. The number of carbonyl (C=O) groups is 1. The largest absolute Gasteiger partial charge is 0.462 e. The minimum Gasteiger partial charge on any atom is -0.462 e. The van der Waals surface area contributed by atoms with Crippen LogP contribution in [0, 0.1) is 5.41 Å². The molecule has 1 aromatic carbocycles. The number of anilines is 1. The van der Waals surface area contributed by atoms with E-state index < -0.39 is 23.0 Å². The molecular weight excluding hydrogens is 518 g/mol. The summed E-state index contributed by atoms with van der Waals surface area (Å²) >= 11 is 0. The molecule has 1 saturated carbocycles. The number of nitrogens with zero attached hydrogens (tertiary/aromatic N) is 4. The summed E-state index contributed by atoms with van der Waals surface area (Å²) in [6.45, 7) is 8.95. The number of halogens is 2. The van der Waals surface area contributed by atoms with E-state index >= 15 is 0 Å². The quantitative estimate of drug-likeness (QED) is 0.387. The van der Waals surface area contributed by atoms with Gasteiger partial charge in [0.15, 0.2) is 0 Å². The molecule has 10 heteroatoms. The van der Waals surface area contributed by atoms with Crippen LogP contribution in [0.3, 0.4) is 0 Å². The van der Waals surface area contributed by atoms with Gasteiger partial charge in [0.1, 0.15) is 18.0 Å². The van der Waals surface area contributed by atoms with E-state index in [4.69, 9.17) is 19.2 Å². The molecule has 1 aromatic heterocycles. The summed E-state index contributed by atoms with van der Waals surface area (Å²) in [5.41, 5.74) is 0.419. The summed E-state index contributed by atoms with van der Waals surface area (Å²) in [4.78, 5) is 26.1. The van der Waals surface area contributed by atoms with Crippen LogP contribution in [0.4, 0.5) is 19.4 Å². The van der Waals surface area contributed by atoms with Crippen LogP contribution in [0.25, 0.3) is 0 Å².